The molecule has 2 aromatic carbocycles. The average molecular weight is 405 g/mol. The second-order valence-electron chi connectivity index (χ2n) is 6.04. The Morgan fingerprint density at radius 3 is 2.54 bits per heavy atom. The Morgan fingerprint density at radius 1 is 1.18 bits per heavy atom. The number of hydrogen-bond donors (Lipinski definition) is 0. The molecule has 0 aromatic heterocycles. The van der Waals surface area contributed by atoms with E-state index in [4.69, 9.17) is 16.3 Å². The molecular weight excluding hydrogens is 384 g/mol. The van der Waals surface area contributed by atoms with Gasteiger partial charge in [0, 0.05) is 17.5 Å². The molecule has 0 radical (unpaired) electrons. The van der Waals surface area contributed by atoms with Crippen LogP contribution in [0.4, 0.5) is 11.4 Å². The predicted octanol–water partition coefficient (Wildman–Crippen LogP) is 4.76. The summed E-state index contributed by atoms with van der Waals surface area (Å²) in [6.07, 6.45) is 0.789. The van der Waals surface area contributed by atoms with E-state index in [-0.39, 0.29) is 42.4 Å². The Hall–Kier alpha value is -2.93. The molecule has 0 aliphatic rings. The number of halogens is 1. The number of amides is 1. The summed E-state index contributed by atoms with van der Waals surface area (Å²) in [5.74, 6) is -0.893. The van der Waals surface area contributed by atoms with Gasteiger partial charge >= 0.3 is 5.97 Å². The number of nitro benzene ring substituents is 1. The Balaban J connectivity index is 2.55. The second kappa shape index (κ2) is 9.85. The van der Waals surface area contributed by atoms with Crippen molar-refractivity contribution in [2.45, 2.75) is 33.2 Å². The summed E-state index contributed by atoms with van der Waals surface area (Å²) in [6, 6.07) is 10.8. The van der Waals surface area contributed by atoms with E-state index in [1.165, 1.54) is 23.1 Å². The van der Waals surface area contributed by atoms with Crippen molar-refractivity contribution < 1.29 is 19.2 Å². The molecule has 1 amide bonds. The summed E-state index contributed by atoms with van der Waals surface area (Å²) in [5, 5.41) is 12.0. The molecule has 0 N–H and O–H groups in total. The lowest BCUT2D eigenvalue weighted by molar-refractivity contribution is -0.384. The van der Waals surface area contributed by atoms with Gasteiger partial charge in [-0.15, -0.1) is 0 Å². The highest BCUT2D eigenvalue weighted by atomic mass is 35.5. The third kappa shape index (κ3) is 5.29. The van der Waals surface area contributed by atoms with Gasteiger partial charge in [-0.3, -0.25) is 14.9 Å². The minimum Gasteiger partial charge on any atom is -0.462 e. The largest absolute Gasteiger partial charge is 0.462 e. The lowest BCUT2D eigenvalue weighted by Gasteiger charge is -2.23. The van der Waals surface area contributed by atoms with Gasteiger partial charge in [0.1, 0.15) is 5.69 Å². The molecule has 0 saturated carbocycles. The highest BCUT2D eigenvalue weighted by Crippen LogP contribution is 2.32. The maximum atomic E-state index is 12.8. The molecular formula is C20H21ClN2O5. The number of hydrogen-bond acceptors (Lipinski definition) is 5. The van der Waals surface area contributed by atoms with Gasteiger partial charge in [-0.2, -0.15) is 0 Å². The highest BCUT2D eigenvalue weighted by molar-refractivity contribution is 6.30. The zero-order chi connectivity index (χ0) is 20.7. The first kappa shape index (κ1) is 21.4. The fraction of sp³-hybridized carbons (Fsp3) is 0.300. The van der Waals surface area contributed by atoms with Gasteiger partial charge < -0.3 is 9.64 Å². The number of carbonyl (C=O) groups is 2. The third-order valence-electron chi connectivity index (χ3n) is 3.97. The van der Waals surface area contributed by atoms with Crippen LogP contribution in [0.25, 0.3) is 0 Å². The van der Waals surface area contributed by atoms with Crippen LogP contribution in [0, 0.1) is 10.1 Å². The molecule has 0 unspecified atom stereocenters. The maximum Gasteiger partial charge on any atom is 0.338 e. The van der Waals surface area contributed by atoms with Crippen molar-refractivity contribution in [3.63, 3.8) is 0 Å². The molecule has 0 spiro atoms. The SMILES string of the molecule is CCCC(=O)N(Cc1cccc(Cl)c1)c1cc(C(=O)OCC)ccc1[N+](=O)[O-]. The van der Waals surface area contributed by atoms with Crippen LogP contribution in [-0.2, 0) is 16.1 Å². The topological polar surface area (TPSA) is 89.8 Å². The Labute approximate surface area is 168 Å². The van der Waals surface area contributed by atoms with E-state index >= 15 is 0 Å². The van der Waals surface area contributed by atoms with Crippen molar-refractivity contribution in [1.29, 1.82) is 0 Å². The molecule has 0 saturated heterocycles. The minimum absolute atomic E-state index is 0.0500. The maximum absolute atomic E-state index is 12.8. The number of carbonyl (C=O) groups excluding carboxylic acids is 2. The van der Waals surface area contributed by atoms with E-state index in [0.717, 1.165) is 0 Å². The molecule has 8 heteroatoms. The minimum atomic E-state index is -0.607. The molecule has 0 bridgehead atoms. The average Bonchev–Trinajstić information content (AvgIpc) is 2.66. The lowest BCUT2D eigenvalue weighted by Crippen LogP contribution is -2.31. The second-order valence-corrected chi connectivity index (χ2v) is 6.48. The van der Waals surface area contributed by atoms with Gasteiger partial charge in [-0.05, 0) is 43.2 Å². The quantitative estimate of drug-likeness (QED) is 0.359. The summed E-state index contributed by atoms with van der Waals surface area (Å²) in [6.45, 7) is 3.78. The lowest BCUT2D eigenvalue weighted by atomic mass is 10.1. The van der Waals surface area contributed by atoms with Crippen molar-refractivity contribution in [3.8, 4) is 0 Å². The molecule has 2 aromatic rings. The number of nitrogens with zero attached hydrogens (tertiary/aromatic N) is 2. The summed E-state index contributed by atoms with van der Waals surface area (Å²) in [5.41, 5.74) is 0.643. The first-order valence-corrected chi connectivity index (χ1v) is 9.25. The summed E-state index contributed by atoms with van der Waals surface area (Å²) in [7, 11) is 0. The van der Waals surface area contributed by atoms with E-state index in [9.17, 15) is 19.7 Å². The fourth-order valence-electron chi connectivity index (χ4n) is 2.71. The molecule has 0 fully saturated rings. The summed E-state index contributed by atoms with van der Waals surface area (Å²) in [4.78, 5) is 37.1. The smallest absolute Gasteiger partial charge is 0.338 e. The van der Waals surface area contributed by atoms with Crippen LogP contribution in [0.3, 0.4) is 0 Å². The van der Waals surface area contributed by atoms with Crippen LogP contribution in [0.2, 0.25) is 5.02 Å². The highest BCUT2D eigenvalue weighted by Gasteiger charge is 2.26. The number of anilines is 1. The monoisotopic (exact) mass is 404 g/mol. The van der Waals surface area contributed by atoms with Crippen molar-refractivity contribution in [2.75, 3.05) is 11.5 Å². The fourth-order valence-corrected chi connectivity index (χ4v) is 2.92. The van der Waals surface area contributed by atoms with E-state index < -0.39 is 10.9 Å². The molecule has 0 heterocycles. The van der Waals surface area contributed by atoms with E-state index in [1.54, 1.807) is 31.2 Å². The normalized spacial score (nSPS) is 10.4. The van der Waals surface area contributed by atoms with Gasteiger partial charge in [0.25, 0.3) is 5.69 Å². The standard InChI is InChI=1S/C20H21ClN2O5/c1-3-6-19(24)22(13-14-7-5-8-16(21)11-14)18-12-15(20(25)28-4-2)9-10-17(18)23(26)27/h5,7-12H,3-4,6,13H2,1-2H3. The van der Waals surface area contributed by atoms with E-state index in [2.05, 4.69) is 0 Å². The van der Waals surface area contributed by atoms with Crippen LogP contribution >= 0.6 is 11.6 Å². The van der Waals surface area contributed by atoms with Gasteiger partial charge in [-0.25, -0.2) is 4.79 Å². The first-order chi connectivity index (χ1) is 13.4. The number of nitro groups is 1. The molecule has 2 rings (SSSR count). The predicted molar refractivity (Wildman–Crippen MR) is 107 cm³/mol. The van der Waals surface area contributed by atoms with Gasteiger partial charge in [0.05, 0.1) is 23.6 Å². The molecule has 7 nitrogen and oxygen atoms in total. The Morgan fingerprint density at radius 2 is 1.93 bits per heavy atom. The zero-order valence-electron chi connectivity index (χ0n) is 15.7. The van der Waals surface area contributed by atoms with Crippen LogP contribution in [-0.4, -0.2) is 23.4 Å². The number of rotatable bonds is 8. The number of benzene rings is 2. The van der Waals surface area contributed by atoms with E-state index in [1.807, 2.05) is 6.92 Å². The van der Waals surface area contributed by atoms with Crippen molar-refractivity contribution in [2.24, 2.45) is 0 Å². The van der Waals surface area contributed by atoms with Gasteiger partial charge in [0.2, 0.25) is 5.91 Å². The van der Waals surface area contributed by atoms with E-state index in [0.29, 0.717) is 17.0 Å². The van der Waals surface area contributed by atoms with Crippen LogP contribution in [0.1, 0.15) is 42.6 Å². The first-order valence-electron chi connectivity index (χ1n) is 8.87. The molecule has 0 atom stereocenters. The molecule has 0 aliphatic carbocycles. The zero-order valence-corrected chi connectivity index (χ0v) is 16.4. The molecule has 148 valence electrons. The summed E-state index contributed by atoms with van der Waals surface area (Å²) >= 11 is 6.03. The van der Waals surface area contributed by atoms with Crippen LogP contribution in [0.5, 0.6) is 0 Å². The Bertz CT molecular complexity index is 885. The van der Waals surface area contributed by atoms with Crippen molar-refractivity contribution >= 4 is 34.9 Å². The third-order valence-corrected chi connectivity index (χ3v) is 4.20. The number of ether oxygens (including phenoxy) is 1. The summed E-state index contributed by atoms with van der Waals surface area (Å²) < 4.78 is 4.98. The van der Waals surface area contributed by atoms with Crippen LogP contribution < -0.4 is 4.90 Å². The van der Waals surface area contributed by atoms with Crippen LogP contribution in [0.15, 0.2) is 42.5 Å². The Kier molecular flexibility index (Phi) is 7.52. The molecule has 0 aliphatic heterocycles. The number of esters is 1. The van der Waals surface area contributed by atoms with Crippen molar-refractivity contribution in [3.05, 3.63) is 68.7 Å². The van der Waals surface area contributed by atoms with Crippen molar-refractivity contribution in [1.82, 2.24) is 0 Å². The van der Waals surface area contributed by atoms with Gasteiger partial charge in [0.15, 0.2) is 0 Å². The molecule has 28 heavy (non-hydrogen) atoms. The van der Waals surface area contributed by atoms with Gasteiger partial charge in [-0.1, -0.05) is 30.7 Å².